The van der Waals surface area contributed by atoms with E-state index < -0.39 is 24.1 Å². The third kappa shape index (κ3) is 6.29. The largest absolute Gasteiger partial charge is 0.452 e. The number of rotatable bonds is 8. The molecule has 0 spiro atoms. The van der Waals surface area contributed by atoms with Gasteiger partial charge in [-0.2, -0.15) is 4.98 Å². The van der Waals surface area contributed by atoms with E-state index >= 15 is 0 Å². The summed E-state index contributed by atoms with van der Waals surface area (Å²) in [6, 6.07) is 0. The third-order valence-corrected chi connectivity index (χ3v) is 4.83. The van der Waals surface area contributed by atoms with E-state index in [0.717, 1.165) is 25.7 Å². The molecule has 4 N–H and O–H groups in total. The van der Waals surface area contributed by atoms with Crippen molar-refractivity contribution in [3.8, 4) is 11.8 Å². The summed E-state index contributed by atoms with van der Waals surface area (Å²) in [6.07, 6.45) is 3.05. The fraction of sp³-hybridized carbons (Fsp3) is 0.650. The van der Waals surface area contributed by atoms with Crippen molar-refractivity contribution in [2.45, 2.75) is 64.4 Å². The first-order valence-electron chi connectivity index (χ1n) is 9.85. The Kier molecular flexibility index (Phi) is 8.64. The van der Waals surface area contributed by atoms with Gasteiger partial charge in [0, 0.05) is 12.6 Å². The monoisotopic (exact) mass is 407 g/mol. The van der Waals surface area contributed by atoms with Gasteiger partial charge in [0.05, 0.1) is 24.2 Å². The average Bonchev–Trinajstić information content (AvgIpc) is 3.06. The van der Waals surface area contributed by atoms with Crippen LogP contribution in [0.2, 0.25) is 0 Å². The Balaban J connectivity index is 2.00. The second-order valence-corrected chi connectivity index (χ2v) is 7.15. The SMILES string of the molecule is CCCCCC(C)C(=O)OCC#Cc1cn([C@H]2C[C@@H](O)[C@@H](CO)O2)c(=O)nc1N. The predicted octanol–water partition coefficient (Wildman–Crippen LogP) is 0.577. The van der Waals surface area contributed by atoms with Crippen LogP contribution in [0.15, 0.2) is 11.0 Å². The third-order valence-electron chi connectivity index (χ3n) is 4.83. The molecule has 4 atom stereocenters. The number of anilines is 1. The maximum atomic E-state index is 12.1. The molecule has 1 saturated heterocycles. The number of nitrogens with two attached hydrogens (primary N) is 1. The smallest absolute Gasteiger partial charge is 0.351 e. The van der Waals surface area contributed by atoms with Crippen LogP contribution in [0.3, 0.4) is 0 Å². The Hall–Kier alpha value is -2.41. The lowest BCUT2D eigenvalue weighted by Gasteiger charge is -2.15. The van der Waals surface area contributed by atoms with Gasteiger partial charge in [0.25, 0.3) is 0 Å². The highest BCUT2D eigenvalue weighted by molar-refractivity contribution is 5.72. The van der Waals surface area contributed by atoms with Crippen molar-refractivity contribution < 1.29 is 24.5 Å². The quantitative estimate of drug-likeness (QED) is 0.323. The zero-order valence-electron chi connectivity index (χ0n) is 16.8. The van der Waals surface area contributed by atoms with Gasteiger partial charge in [-0.1, -0.05) is 45.0 Å². The molecule has 0 aromatic carbocycles. The number of hydrogen-bond acceptors (Lipinski definition) is 8. The summed E-state index contributed by atoms with van der Waals surface area (Å²) < 4.78 is 11.8. The number of hydrogen-bond donors (Lipinski definition) is 3. The van der Waals surface area contributed by atoms with Crippen LogP contribution in [-0.2, 0) is 14.3 Å². The molecule has 2 heterocycles. The number of carbonyl (C=O) groups excluding carboxylic acids is 1. The van der Waals surface area contributed by atoms with Crippen molar-refractivity contribution in [3.05, 3.63) is 22.2 Å². The van der Waals surface area contributed by atoms with Crippen LogP contribution >= 0.6 is 0 Å². The summed E-state index contributed by atoms with van der Waals surface area (Å²) in [6.45, 7) is 3.48. The summed E-state index contributed by atoms with van der Waals surface area (Å²) in [7, 11) is 0. The first-order chi connectivity index (χ1) is 13.9. The molecular formula is C20H29N3O6. The number of nitrogen functional groups attached to an aromatic ring is 1. The molecule has 29 heavy (non-hydrogen) atoms. The molecule has 1 fully saturated rings. The van der Waals surface area contributed by atoms with Crippen LogP contribution in [0, 0.1) is 17.8 Å². The number of nitrogens with zero attached hydrogens (tertiary/aromatic N) is 2. The zero-order valence-corrected chi connectivity index (χ0v) is 16.8. The second-order valence-electron chi connectivity index (χ2n) is 7.15. The highest BCUT2D eigenvalue weighted by atomic mass is 16.5. The van der Waals surface area contributed by atoms with Gasteiger partial charge < -0.3 is 25.4 Å². The standard InChI is InChI=1S/C20H29N3O6/c1-3-4-5-7-13(2)19(26)28-9-6-8-14-11-23(20(27)22-18(14)21)17-10-15(25)16(12-24)29-17/h11,13,15-17,24-25H,3-5,7,9-10,12H2,1-2H3,(H2,21,22,27)/t13?,15-,16-,17-/m1/s1. The van der Waals surface area contributed by atoms with E-state index in [9.17, 15) is 19.8 Å². The highest BCUT2D eigenvalue weighted by Crippen LogP contribution is 2.27. The lowest BCUT2D eigenvalue weighted by molar-refractivity contribution is -0.146. The Morgan fingerprint density at radius 2 is 2.28 bits per heavy atom. The molecule has 1 aromatic heterocycles. The molecule has 0 saturated carbocycles. The Labute approximate surface area is 169 Å². The molecule has 0 radical (unpaired) electrons. The van der Waals surface area contributed by atoms with Gasteiger partial charge >= 0.3 is 11.7 Å². The summed E-state index contributed by atoms with van der Waals surface area (Å²) in [5, 5.41) is 19.0. The Bertz CT molecular complexity index is 813. The summed E-state index contributed by atoms with van der Waals surface area (Å²) >= 11 is 0. The van der Waals surface area contributed by atoms with Crippen LogP contribution in [-0.4, -0.2) is 51.2 Å². The fourth-order valence-corrected chi connectivity index (χ4v) is 3.03. The highest BCUT2D eigenvalue weighted by Gasteiger charge is 2.35. The minimum Gasteiger partial charge on any atom is -0.452 e. The molecule has 160 valence electrons. The van der Waals surface area contributed by atoms with Crippen molar-refractivity contribution in [2.75, 3.05) is 18.9 Å². The van der Waals surface area contributed by atoms with Crippen molar-refractivity contribution in [1.82, 2.24) is 9.55 Å². The van der Waals surface area contributed by atoms with E-state index in [4.69, 9.17) is 15.2 Å². The van der Waals surface area contributed by atoms with E-state index in [2.05, 4.69) is 23.7 Å². The Morgan fingerprint density at radius 1 is 1.52 bits per heavy atom. The average molecular weight is 407 g/mol. The maximum Gasteiger partial charge on any atom is 0.351 e. The molecule has 1 aliphatic heterocycles. The molecule has 2 rings (SSSR count). The number of aromatic nitrogens is 2. The number of unbranched alkanes of at least 4 members (excludes halogenated alkanes) is 2. The molecule has 1 aromatic rings. The number of esters is 1. The lowest BCUT2D eigenvalue weighted by atomic mass is 10.0. The predicted molar refractivity (Wildman–Crippen MR) is 106 cm³/mol. The number of ether oxygens (including phenoxy) is 2. The molecule has 0 amide bonds. The van der Waals surface area contributed by atoms with E-state index in [1.54, 1.807) is 0 Å². The molecule has 1 aliphatic rings. The first-order valence-corrected chi connectivity index (χ1v) is 9.85. The minimum atomic E-state index is -0.886. The maximum absolute atomic E-state index is 12.1. The normalized spacial score (nSPS) is 22.0. The number of aliphatic hydroxyl groups is 2. The molecule has 0 aliphatic carbocycles. The van der Waals surface area contributed by atoms with Gasteiger partial charge in [-0.3, -0.25) is 9.36 Å². The van der Waals surface area contributed by atoms with Crippen LogP contribution in [0.4, 0.5) is 5.82 Å². The van der Waals surface area contributed by atoms with Crippen molar-refractivity contribution in [1.29, 1.82) is 0 Å². The van der Waals surface area contributed by atoms with Crippen LogP contribution in [0.25, 0.3) is 0 Å². The summed E-state index contributed by atoms with van der Waals surface area (Å²) in [4.78, 5) is 27.8. The Morgan fingerprint density at radius 3 is 2.93 bits per heavy atom. The number of carbonyl (C=O) groups is 1. The van der Waals surface area contributed by atoms with Gasteiger partial charge in [0.2, 0.25) is 0 Å². The van der Waals surface area contributed by atoms with Crippen molar-refractivity contribution in [3.63, 3.8) is 0 Å². The van der Waals surface area contributed by atoms with Crippen LogP contribution in [0.1, 0.15) is 57.7 Å². The lowest BCUT2D eigenvalue weighted by Crippen LogP contribution is -2.29. The van der Waals surface area contributed by atoms with E-state index in [1.165, 1.54) is 10.8 Å². The first kappa shape index (κ1) is 22.9. The van der Waals surface area contributed by atoms with Crippen LogP contribution in [0.5, 0.6) is 0 Å². The van der Waals surface area contributed by atoms with Crippen molar-refractivity contribution in [2.24, 2.45) is 5.92 Å². The number of aliphatic hydroxyl groups excluding tert-OH is 2. The minimum absolute atomic E-state index is 0.0461. The second kappa shape index (κ2) is 11.0. The molecule has 0 bridgehead atoms. The van der Waals surface area contributed by atoms with E-state index in [0.29, 0.717) is 0 Å². The van der Waals surface area contributed by atoms with E-state index in [1.807, 2.05) is 6.92 Å². The van der Waals surface area contributed by atoms with Gasteiger partial charge in [0.1, 0.15) is 18.1 Å². The van der Waals surface area contributed by atoms with Gasteiger partial charge in [-0.25, -0.2) is 4.79 Å². The summed E-state index contributed by atoms with van der Waals surface area (Å²) in [5.74, 6) is 4.93. The summed E-state index contributed by atoms with van der Waals surface area (Å²) in [5.41, 5.74) is 5.40. The fourth-order valence-electron chi connectivity index (χ4n) is 3.03. The van der Waals surface area contributed by atoms with Gasteiger partial charge in [0.15, 0.2) is 6.61 Å². The molecule has 1 unspecified atom stereocenters. The van der Waals surface area contributed by atoms with Crippen LogP contribution < -0.4 is 11.4 Å². The van der Waals surface area contributed by atoms with E-state index in [-0.39, 0.29) is 42.9 Å². The van der Waals surface area contributed by atoms with Gasteiger partial charge in [-0.05, 0) is 6.42 Å². The molecule has 9 nitrogen and oxygen atoms in total. The van der Waals surface area contributed by atoms with Gasteiger partial charge in [-0.15, -0.1) is 0 Å². The molecule has 9 heteroatoms. The topological polar surface area (TPSA) is 137 Å². The zero-order chi connectivity index (χ0) is 21.4. The molecular weight excluding hydrogens is 378 g/mol. The van der Waals surface area contributed by atoms with Crippen molar-refractivity contribution >= 4 is 11.8 Å².